The van der Waals surface area contributed by atoms with E-state index >= 15 is 0 Å². The van der Waals surface area contributed by atoms with Gasteiger partial charge in [-0.2, -0.15) is 0 Å². The van der Waals surface area contributed by atoms with Crippen LogP contribution in [0.1, 0.15) is 338 Å². The second-order valence-electron chi connectivity index (χ2n) is 26.4. The van der Waals surface area contributed by atoms with E-state index in [0.717, 1.165) is 120 Å². The van der Waals surface area contributed by atoms with E-state index in [1.807, 2.05) is 0 Å². The third-order valence-electron chi connectivity index (χ3n) is 16.5. The SMILES string of the molecule is CCC(C)CCCCCCCCCCC(=O)O[C@H](COC(=O)CCCCCCCCC(C)CC)COP(=O)(O)OC[C@@H](O)COP(=O)(O)OC[C@@H](COC(=O)CCCCCCCCC(C)C)OC(=O)CCCCCCCCCCCCCCCCC(C)C. The molecule has 522 valence electrons. The molecule has 0 rings (SSSR count). The van der Waals surface area contributed by atoms with E-state index < -0.39 is 97.5 Å². The van der Waals surface area contributed by atoms with E-state index in [4.69, 9.17) is 37.0 Å². The van der Waals surface area contributed by atoms with Crippen LogP contribution in [0.4, 0.5) is 0 Å². The molecule has 0 aliphatic rings. The number of phosphoric acid groups is 2. The van der Waals surface area contributed by atoms with E-state index in [1.54, 1.807) is 0 Å². The highest BCUT2D eigenvalue weighted by molar-refractivity contribution is 7.47. The monoisotopic (exact) mass is 1300 g/mol. The molecule has 88 heavy (non-hydrogen) atoms. The van der Waals surface area contributed by atoms with Gasteiger partial charge in [0, 0.05) is 25.7 Å². The molecule has 0 bridgehead atoms. The average Bonchev–Trinajstić information content (AvgIpc) is 3.52. The minimum atomic E-state index is -4.95. The summed E-state index contributed by atoms with van der Waals surface area (Å²) in [4.78, 5) is 72.4. The Balaban J connectivity index is 5.23. The molecule has 3 N–H and O–H groups in total. The maximum Gasteiger partial charge on any atom is 0.472 e. The normalized spacial score (nSPS) is 14.9. The van der Waals surface area contributed by atoms with Gasteiger partial charge < -0.3 is 33.8 Å². The first-order chi connectivity index (χ1) is 42.2. The smallest absolute Gasteiger partial charge is 0.462 e. The van der Waals surface area contributed by atoms with Gasteiger partial charge in [-0.3, -0.25) is 37.3 Å². The third kappa shape index (κ3) is 60.3. The maximum atomic E-state index is 13.0. The van der Waals surface area contributed by atoms with Gasteiger partial charge in [-0.15, -0.1) is 0 Å². The Kier molecular flexibility index (Phi) is 57.6. The molecule has 0 aromatic rings. The fraction of sp³-hybridized carbons (Fsp3) is 0.942. The largest absolute Gasteiger partial charge is 0.472 e. The van der Waals surface area contributed by atoms with Gasteiger partial charge in [0.05, 0.1) is 26.4 Å². The summed E-state index contributed by atoms with van der Waals surface area (Å²) in [5.74, 6) is 0.840. The molecule has 0 aromatic heterocycles. The Morgan fingerprint density at radius 2 is 0.545 bits per heavy atom. The Labute approximate surface area is 537 Å². The Bertz CT molecular complexity index is 1750. The van der Waals surface area contributed by atoms with Crippen LogP contribution in [-0.2, 0) is 65.4 Å². The number of ether oxygens (including phenoxy) is 4. The Hall–Kier alpha value is -1.94. The topological polar surface area (TPSA) is 237 Å². The van der Waals surface area contributed by atoms with E-state index in [1.165, 1.54) is 128 Å². The van der Waals surface area contributed by atoms with Gasteiger partial charge in [-0.25, -0.2) is 9.13 Å². The van der Waals surface area contributed by atoms with Crippen LogP contribution in [0.2, 0.25) is 0 Å². The highest BCUT2D eigenvalue weighted by atomic mass is 31.2. The molecule has 0 fully saturated rings. The highest BCUT2D eigenvalue weighted by Gasteiger charge is 2.30. The molecule has 0 aliphatic carbocycles. The first kappa shape index (κ1) is 86.1. The molecule has 0 saturated carbocycles. The molecule has 17 nitrogen and oxygen atoms in total. The summed E-state index contributed by atoms with van der Waals surface area (Å²) < 4.78 is 68.2. The third-order valence-corrected chi connectivity index (χ3v) is 18.4. The van der Waals surface area contributed by atoms with Crippen molar-refractivity contribution in [3.05, 3.63) is 0 Å². The molecule has 0 spiro atoms. The van der Waals surface area contributed by atoms with Crippen LogP contribution in [0.5, 0.6) is 0 Å². The summed E-state index contributed by atoms with van der Waals surface area (Å²) in [6.07, 6.45) is 40.5. The molecule has 0 heterocycles. The second-order valence-corrected chi connectivity index (χ2v) is 29.3. The van der Waals surface area contributed by atoms with Crippen molar-refractivity contribution in [2.45, 2.75) is 356 Å². The molecule has 0 saturated heterocycles. The lowest BCUT2D eigenvalue weighted by atomic mass is 9.99. The van der Waals surface area contributed by atoms with Crippen molar-refractivity contribution in [1.29, 1.82) is 0 Å². The zero-order valence-electron chi connectivity index (χ0n) is 57.3. The summed E-state index contributed by atoms with van der Waals surface area (Å²) in [5, 5.41) is 10.6. The lowest BCUT2D eigenvalue weighted by molar-refractivity contribution is -0.161. The van der Waals surface area contributed by atoms with Gasteiger partial charge in [0.2, 0.25) is 0 Å². The summed E-state index contributed by atoms with van der Waals surface area (Å²) >= 11 is 0. The lowest BCUT2D eigenvalue weighted by Crippen LogP contribution is -2.30. The average molecular weight is 1300 g/mol. The van der Waals surface area contributed by atoms with Gasteiger partial charge in [-0.05, 0) is 49.4 Å². The molecule has 0 aliphatic heterocycles. The summed E-state index contributed by atoms with van der Waals surface area (Å²) in [6.45, 7) is 14.0. The lowest BCUT2D eigenvalue weighted by Gasteiger charge is -2.21. The minimum absolute atomic E-state index is 0.103. The summed E-state index contributed by atoms with van der Waals surface area (Å²) in [7, 11) is -9.90. The number of phosphoric ester groups is 2. The van der Waals surface area contributed by atoms with Crippen molar-refractivity contribution in [2.75, 3.05) is 39.6 Å². The summed E-state index contributed by atoms with van der Waals surface area (Å²) in [5.41, 5.74) is 0. The molecular weight excluding hydrogens is 1160 g/mol. The Morgan fingerprint density at radius 1 is 0.318 bits per heavy atom. The van der Waals surface area contributed by atoms with Crippen LogP contribution < -0.4 is 0 Å². The van der Waals surface area contributed by atoms with Crippen LogP contribution in [0, 0.1) is 23.7 Å². The zero-order chi connectivity index (χ0) is 65.4. The van der Waals surface area contributed by atoms with Crippen molar-refractivity contribution in [2.24, 2.45) is 23.7 Å². The Morgan fingerprint density at radius 3 is 0.807 bits per heavy atom. The van der Waals surface area contributed by atoms with E-state index in [0.29, 0.717) is 31.6 Å². The number of unbranched alkanes of at least 4 members (excludes halogenated alkanes) is 30. The van der Waals surface area contributed by atoms with Gasteiger partial charge in [-0.1, -0.05) is 287 Å². The zero-order valence-corrected chi connectivity index (χ0v) is 59.1. The van der Waals surface area contributed by atoms with Crippen molar-refractivity contribution in [1.82, 2.24) is 0 Å². The van der Waals surface area contributed by atoms with Gasteiger partial charge in [0.1, 0.15) is 19.3 Å². The molecule has 7 atom stereocenters. The van der Waals surface area contributed by atoms with Gasteiger partial charge in [0.25, 0.3) is 0 Å². The van der Waals surface area contributed by atoms with Crippen molar-refractivity contribution >= 4 is 39.5 Å². The number of aliphatic hydroxyl groups excluding tert-OH is 1. The molecular formula is C69H134O17P2. The molecule has 4 unspecified atom stereocenters. The van der Waals surface area contributed by atoms with Crippen LogP contribution >= 0.6 is 15.6 Å². The first-order valence-corrected chi connectivity index (χ1v) is 38.8. The van der Waals surface area contributed by atoms with Crippen molar-refractivity contribution in [3.8, 4) is 0 Å². The number of carbonyl (C=O) groups excluding carboxylic acids is 4. The van der Waals surface area contributed by atoms with Gasteiger partial charge >= 0.3 is 39.5 Å². The quantitative estimate of drug-likeness (QED) is 0.0222. The highest BCUT2D eigenvalue weighted by Crippen LogP contribution is 2.45. The predicted octanol–water partition coefficient (Wildman–Crippen LogP) is 19.3. The van der Waals surface area contributed by atoms with E-state index in [-0.39, 0.29) is 25.7 Å². The fourth-order valence-electron chi connectivity index (χ4n) is 10.2. The minimum Gasteiger partial charge on any atom is -0.462 e. The number of rotatable bonds is 66. The standard InChI is InChI=1S/C69H134O17P2/c1-9-61(7)47-39-31-22-19-20-24-36-44-52-69(74)86-65(56-80-67(72)50-42-34-28-26-32-40-48-62(8)10-2)58-84-88(77,78)82-54-63(70)53-81-87(75,76)83-57-64(55-79-66(71)49-41-33-27-25-30-38-46-60(5)6)85-68(73)51-43-35-23-18-16-14-12-11-13-15-17-21-29-37-45-59(3)4/h59-65,70H,9-58H2,1-8H3,(H,75,76)(H,77,78)/t61?,62?,63-,64+,65+/m0/s1. The van der Waals surface area contributed by atoms with Crippen molar-refractivity contribution in [3.63, 3.8) is 0 Å². The fourth-order valence-corrected chi connectivity index (χ4v) is 11.8. The van der Waals surface area contributed by atoms with Crippen LogP contribution in [0.3, 0.4) is 0 Å². The van der Waals surface area contributed by atoms with Gasteiger partial charge in [0.15, 0.2) is 12.2 Å². The number of carbonyl (C=O) groups is 4. The number of aliphatic hydroxyl groups is 1. The molecule has 0 aromatic carbocycles. The van der Waals surface area contributed by atoms with Crippen LogP contribution in [0.15, 0.2) is 0 Å². The predicted molar refractivity (Wildman–Crippen MR) is 354 cm³/mol. The molecule has 19 heteroatoms. The van der Waals surface area contributed by atoms with Crippen molar-refractivity contribution < 1.29 is 80.2 Å². The maximum absolute atomic E-state index is 13.0. The van der Waals surface area contributed by atoms with E-state index in [9.17, 15) is 43.2 Å². The molecule has 0 radical (unpaired) electrons. The number of esters is 4. The first-order valence-electron chi connectivity index (χ1n) is 35.8. The molecule has 0 amide bonds. The second kappa shape index (κ2) is 58.8. The number of hydrogen-bond acceptors (Lipinski definition) is 15. The van der Waals surface area contributed by atoms with Crippen LogP contribution in [0.25, 0.3) is 0 Å². The van der Waals surface area contributed by atoms with E-state index in [2.05, 4.69) is 55.4 Å². The summed E-state index contributed by atoms with van der Waals surface area (Å²) in [6, 6.07) is 0. The van der Waals surface area contributed by atoms with Crippen LogP contribution in [-0.4, -0.2) is 96.7 Å². The number of hydrogen-bond donors (Lipinski definition) is 3.